The summed E-state index contributed by atoms with van der Waals surface area (Å²) in [6.45, 7) is 1.84. The van der Waals surface area contributed by atoms with Crippen LogP contribution in [-0.4, -0.2) is 35.5 Å². The number of amides is 1. The zero-order valence-electron chi connectivity index (χ0n) is 15.1. The number of nitrogens with zero attached hydrogens (tertiary/aromatic N) is 3. The van der Waals surface area contributed by atoms with Crippen molar-refractivity contribution in [3.8, 4) is 22.8 Å². The van der Waals surface area contributed by atoms with Gasteiger partial charge in [0.15, 0.2) is 17.3 Å². The Balaban J connectivity index is 1.58. The van der Waals surface area contributed by atoms with E-state index in [1.807, 2.05) is 19.1 Å². The van der Waals surface area contributed by atoms with Crippen LogP contribution in [0.2, 0.25) is 0 Å². The minimum absolute atomic E-state index is 0.134. The molecule has 1 amide bonds. The largest absolute Gasteiger partial charge is 0.493 e. The van der Waals surface area contributed by atoms with Crippen LogP contribution in [0.1, 0.15) is 23.5 Å². The Bertz CT molecular complexity index is 993. The van der Waals surface area contributed by atoms with Crippen molar-refractivity contribution in [3.05, 3.63) is 35.0 Å². The Hall–Kier alpha value is -2.94. The Labute approximate surface area is 159 Å². The van der Waals surface area contributed by atoms with Gasteiger partial charge in [-0.25, -0.2) is 0 Å². The number of anilines is 1. The van der Waals surface area contributed by atoms with Crippen LogP contribution in [0, 0.1) is 6.92 Å². The highest BCUT2D eigenvalue weighted by Crippen LogP contribution is 2.49. The average molecular weight is 386 g/mol. The maximum atomic E-state index is 12.7. The molecule has 27 heavy (non-hydrogen) atoms. The quantitative estimate of drug-likeness (QED) is 0.694. The van der Waals surface area contributed by atoms with E-state index in [1.54, 1.807) is 26.4 Å². The summed E-state index contributed by atoms with van der Waals surface area (Å²) in [5.41, 5.74) is 0.742. The van der Waals surface area contributed by atoms with E-state index in [9.17, 15) is 4.79 Å². The number of carbonyl (C=O) groups excluding carboxylic acids is 1. The first-order valence-electron chi connectivity index (χ1n) is 8.37. The number of carbonyl (C=O) groups is 1. The van der Waals surface area contributed by atoms with Gasteiger partial charge < -0.3 is 14.0 Å². The topological polar surface area (TPSA) is 99.4 Å². The van der Waals surface area contributed by atoms with Gasteiger partial charge in [0.2, 0.25) is 11.0 Å². The monoisotopic (exact) mass is 386 g/mol. The predicted octanol–water partition coefficient (Wildman–Crippen LogP) is 3.19. The van der Waals surface area contributed by atoms with E-state index in [2.05, 4.69) is 20.7 Å². The zero-order valence-corrected chi connectivity index (χ0v) is 15.9. The molecule has 140 valence electrons. The normalized spacial score (nSPS) is 14.6. The lowest BCUT2D eigenvalue weighted by Crippen LogP contribution is -2.28. The molecule has 3 aromatic rings. The van der Waals surface area contributed by atoms with Crippen molar-refractivity contribution in [2.45, 2.75) is 25.2 Å². The summed E-state index contributed by atoms with van der Waals surface area (Å²) in [4.78, 5) is 12.7. The number of nitrogens with one attached hydrogen (secondary N) is 1. The zero-order chi connectivity index (χ0) is 19.0. The van der Waals surface area contributed by atoms with Gasteiger partial charge >= 0.3 is 0 Å². The van der Waals surface area contributed by atoms with Crippen LogP contribution >= 0.6 is 11.3 Å². The lowest BCUT2D eigenvalue weighted by Gasteiger charge is -2.10. The van der Waals surface area contributed by atoms with E-state index in [0.717, 1.165) is 10.6 Å². The van der Waals surface area contributed by atoms with Crippen molar-refractivity contribution >= 4 is 22.4 Å². The van der Waals surface area contributed by atoms with Gasteiger partial charge in [-0.3, -0.25) is 10.1 Å². The van der Waals surface area contributed by atoms with Gasteiger partial charge in [0, 0.05) is 11.6 Å². The maximum absolute atomic E-state index is 12.7. The molecule has 2 aromatic heterocycles. The molecule has 9 heteroatoms. The van der Waals surface area contributed by atoms with E-state index in [4.69, 9.17) is 14.0 Å². The number of rotatable bonds is 6. The van der Waals surface area contributed by atoms with E-state index in [1.165, 1.54) is 11.3 Å². The van der Waals surface area contributed by atoms with Crippen molar-refractivity contribution in [1.82, 2.24) is 15.4 Å². The van der Waals surface area contributed by atoms with Crippen molar-refractivity contribution in [2.24, 2.45) is 0 Å². The molecule has 2 heterocycles. The van der Waals surface area contributed by atoms with Crippen LogP contribution < -0.4 is 14.8 Å². The highest BCUT2D eigenvalue weighted by Gasteiger charge is 2.54. The summed E-state index contributed by atoms with van der Waals surface area (Å²) in [5, 5.41) is 16.1. The summed E-state index contributed by atoms with van der Waals surface area (Å²) in [5.74, 6) is 1.66. The SMILES string of the molecule is COc1ccc(-c2cc(C3(C(=O)Nc4nnc(C)s4)CC3)no2)cc1OC. The van der Waals surface area contributed by atoms with Crippen molar-refractivity contribution in [3.63, 3.8) is 0 Å². The molecule has 0 spiro atoms. The second-order valence-corrected chi connectivity index (χ2v) is 7.49. The van der Waals surface area contributed by atoms with Gasteiger partial charge in [-0.1, -0.05) is 16.5 Å². The molecule has 0 aliphatic heterocycles. The summed E-state index contributed by atoms with van der Waals surface area (Å²) in [6, 6.07) is 7.27. The Morgan fingerprint density at radius 1 is 1.19 bits per heavy atom. The molecule has 0 atom stereocenters. The van der Waals surface area contributed by atoms with Crippen LogP contribution in [0.15, 0.2) is 28.8 Å². The summed E-state index contributed by atoms with van der Waals surface area (Å²) < 4.78 is 16.1. The molecule has 1 aliphatic carbocycles. The first-order valence-corrected chi connectivity index (χ1v) is 9.18. The van der Waals surface area contributed by atoms with Crippen LogP contribution in [0.5, 0.6) is 11.5 Å². The lowest BCUT2D eigenvalue weighted by molar-refractivity contribution is -0.118. The molecule has 0 radical (unpaired) electrons. The molecule has 4 rings (SSSR count). The highest BCUT2D eigenvalue weighted by molar-refractivity contribution is 7.15. The minimum Gasteiger partial charge on any atom is -0.493 e. The fourth-order valence-corrected chi connectivity index (χ4v) is 3.50. The standard InChI is InChI=1S/C18H18N4O4S/c1-10-20-21-17(27-10)19-16(23)18(6-7-18)15-9-13(26-22-15)11-4-5-12(24-2)14(8-11)25-3/h4-5,8-9H,6-7H2,1-3H3,(H,19,21,23). The van der Waals surface area contributed by atoms with E-state index >= 15 is 0 Å². The highest BCUT2D eigenvalue weighted by atomic mass is 32.1. The van der Waals surface area contributed by atoms with Gasteiger partial charge in [0.05, 0.1) is 25.3 Å². The van der Waals surface area contributed by atoms with Gasteiger partial charge in [-0.15, -0.1) is 10.2 Å². The molecule has 1 N–H and O–H groups in total. The number of ether oxygens (including phenoxy) is 2. The molecule has 1 aliphatic rings. The Morgan fingerprint density at radius 3 is 2.59 bits per heavy atom. The summed E-state index contributed by atoms with van der Waals surface area (Å²) in [6.07, 6.45) is 1.43. The summed E-state index contributed by atoms with van der Waals surface area (Å²) in [7, 11) is 3.16. The Morgan fingerprint density at radius 2 is 1.96 bits per heavy atom. The van der Waals surface area contributed by atoms with E-state index in [-0.39, 0.29) is 5.91 Å². The lowest BCUT2D eigenvalue weighted by atomic mass is 10.0. The van der Waals surface area contributed by atoms with Gasteiger partial charge in [0.25, 0.3) is 0 Å². The van der Waals surface area contributed by atoms with Gasteiger partial charge in [-0.2, -0.15) is 0 Å². The maximum Gasteiger partial charge on any atom is 0.238 e. The second-order valence-electron chi connectivity index (χ2n) is 6.31. The molecule has 0 unspecified atom stereocenters. The number of hydrogen-bond acceptors (Lipinski definition) is 8. The van der Waals surface area contributed by atoms with Crippen molar-refractivity contribution < 1.29 is 18.8 Å². The van der Waals surface area contributed by atoms with Crippen molar-refractivity contribution in [1.29, 1.82) is 0 Å². The molecule has 0 bridgehead atoms. The van der Waals surface area contributed by atoms with Crippen LogP contribution in [0.25, 0.3) is 11.3 Å². The van der Waals surface area contributed by atoms with Gasteiger partial charge in [0.1, 0.15) is 5.01 Å². The molecular formula is C18H18N4O4S. The summed E-state index contributed by atoms with van der Waals surface area (Å²) >= 11 is 1.34. The molecular weight excluding hydrogens is 368 g/mol. The number of aromatic nitrogens is 3. The smallest absolute Gasteiger partial charge is 0.238 e. The van der Waals surface area contributed by atoms with Gasteiger partial charge in [-0.05, 0) is 38.0 Å². The number of aryl methyl sites for hydroxylation is 1. The molecule has 8 nitrogen and oxygen atoms in total. The first kappa shape index (κ1) is 17.5. The van der Waals surface area contributed by atoms with Crippen molar-refractivity contribution in [2.75, 3.05) is 19.5 Å². The predicted molar refractivity (Wildman–Crippen MR) is 99.2 cm³/mol. The average Bonchev–Trinajstić information content (AvgIpc) is 3.16. The second kappa shape index (κ2) is 6.66. The first-order chi connectivity index (χ1) is 13.1. The van der Waals surface area contributed by atoms with Crippen LogP contribution in [0.4, 0.5) is 5.13 Å². The number of benzene rings is 1. The Kier molecular flexibility index (Phi) is 4.31. The van der Waals surface area contributed by atoms with Crippen LogP contribution in [0.3, 0.4) is 0 Å². The molecule has 1 aromatic carbocycles. The fourth-order valence-electron chi connectivity index (χ4n) is 2.91. The third-order valence-corrected chi connectivity index (χ3v) is 5.35. The minimum atomic E-state index is -0.669. The molecule has 1 fully saturated rings. The fraction of sp³-hybridized carbons (Fsp3) is 0.333. The van der Waals surface area contributed by atoms with E-state index < -0.39 is 5.41 Å². The third-order valence-electron chi connectivity index (χ3n) is 4.60. The number of hydrogen-bond donors (Lipinski definition) is 1. The van der Waals surface area contributed by atoms with Crippen LogP contribution in [-0.2, 0) is 10.2 Å². The molecule has 1 saturated carbocycles. The third kappa shape index (κ3) is 3.14. The van der Waals surface area contributed by atoms with E-state index in [0.29, 0.717) is 40.9 Å². The molecule has 0 saturated heterocycles. The number of methoxy groups -OCH3 is 2.